The summed E-state index contributed by atoms with van der Waals surface area (Å²) in [5.41, 5.74) is -1.75. The number of para-hydroxylation sites is 2. The lowest BCUT2D eigenvalue weighted by atomic mass is 10.1. The summed E-state index contributed by atoms with van der Waals surface area (Å²) in [6.45, 7) is -0.194. The van der Waals surface area contributed by atoms with Gasteiger partial charge in [0, 0.05) is 25.2 Å². The molecule has 2 N–H and O–H groups in total. The van der Waals surface area contributed by atoms with E-state index >= 15 is 4.39 Å². The van der Waals surface area contributed by atoms with Crippen LogP contribution >= 0.6 is 0 Å². The molecule has 14 heteroatoms. The van der Waals surface area contributed by atoms with E-state index in [4.69, 9.17) is 9.47 Å². The van der Waals surface area contributed by atoms with Crippen LogP contribution < -0.4 is 9.38 Å². The Kier molecular flexibility index (Phi) is 6.26. The topological polar surface area (TPSA) is 157 Å². The number of benzene rings is 2. The van der Waals surface area contributed by atoms with Gasteiger partial charge in [-0.25, -0.2) is 4.39 Å². The number of nitro benzene ring substituents is 1. The van der Waals surface area contributed by atoms with Crippen LogP contribution in [0.15, 0.2) is 41.3 Å². The number of nitrogens with zero attached hydrogens (tertiary/aromatic N) is 3. The lowest BCUT2D eigenvalue weighted by Crippen LogP contribution is -2.49. The summed E-state index contributed by atoms with van der Waals surface area (Å²) in [5.74, 6) is -0.760. The normalized spacial score (nSPS) is 23.1. The molecule has 2 atom stereocenters. The van der Waals surface area contributed by atoms with Crippen LogP contribution in [-0.4, -0.2) is 74.7 Å². The highest BCUT2D eigenvalue weighted by Crippen LogP contribution is 2.51. The number of ether oxygens (including phenoxy) is 2. The number of carbonyl (C=O) groups excluding carboxylic acids is 1. The second kappa shape index (κ2) is 8.88. The summed E-state index contributed by atoms with van der Waals surface area (Å²) < 4.78 is 59.1. The number of nitro groups is 1. The minimum absolute atomic E-state index is 0.0965. The second-order valence-electron chi connectivity index (χ2n) is 7.74. The number of anilines is 1. The van der Waals surface area contributed by atoms with Crippen LogP contribution in [0, 0.1) is 15.9 Å². The highest BCUT2D eigenvalue weighted by Gasteiger charge is 2.59. The first kappa shape index (κ1) is 24.0. The molecule has 2 aliphatic heterocycles. The summed E-state index contributed by atoms with van der Waals surface area (Å²) >= 11 is 0. The van der Waals surface area contributed by atoms with Gasteiger partial charge in [-0.2, -0.15) is 13.2 Å². The third kappa shape index (κ3) is 3.88. The molecule has 2 aromatic carbocycles. The molecule has 0 aliphatic carbocycles. The van der Waals surface area contributed by atoms with Crippen molar-refractivity contribution in [2.24, 2.45) is 0 Å². The highest BCUT2D eigenvalue weighted by molar-refractivity contribution is 7.86. The Morgan fingerprint density at radius 2 is 1.88 bits per heavy atom. The molecule has 2 heterocycles. The first-order valence-electron chi connectivity index (χ1n) is 10.2. The van der Waals surface area contributed by atoms with Gasteiger partial charge >= 0.3 is 21.9 Å². The van der Waals surface area contributed by atoms with Crippen molar-refractivity contribution in [2.75, 3.05) is 44.4 Å². The molecule has 0 radical (unpaired) electrons. The van der Waals surface area contributed by atoms with E-state index < -0.39 is 67.0 Å². The van der Waals surface area contributed by atoms with E-state index in [9.17, 15) is 33.0 Å². The molecule has 1 amide bonds. The van der Waals surface area contributed by atoms with Crippen molar-refractivity contribution in [3.63, 3.8) is 0 Å². The first-order valence-corrected chi connectivity index (χ1v) is 11.6. The Labute approximate surface area is 193 Å². The van der Waals surface area contributed by atoms with Crippen molar-refractivity contribution < 1.29 is 41.7 Å². The molecule has 34 heavy (non-hydrogen) atoms. The molecule has 2 aliphatic rings. The maximum absolute atomic E-state index is 15.3. The van der Waals surface area contributed by atoms with Gasteiger partial charge in [-0.3, -0.25) is 14.7 Å². The van der Waals surface area contributed by atoms with Crippen molar-refractivity contribution >= 4 is 39.0 Å². The fourth-order valence-corrected chi connectivity index (χ4v) is 5.16. The monoisotopic (exact) mass is 498 g/mol. The molecule has 2 aromatic rings. The van der Waals surface area contributed by atoms with Gasteiger partial charge in [0.25, 0.3) is 0 Å². The quantitative estimate of drug-likeness (QED) is 0.261. The van der Waals surface area contributed by atoms with Crippen LogP contribution in [0.2, 0.25) is 0 Å². The number of halogens is 1. The number of aliphatic hydroxyl groups excluding tert-OH is 1. The van der Waals surface area contributed by atoms with Crippen molar-refractivity contribution in [3.8, 4) is 0 Å². The maximum atomic E-state index is 15.3. The number of carbonyl (C=O) groups is 1. The highest BCUT2D eigenvalue weighted by atomic mass is 32.2. The van der Waals surface area contributed by atoms with E-state index in [-0.39, 0.29) is 37.7 Å². The Balaban J connectivity index is 2.13. The lowest BCUT2D eigenvalue weighted by Gasteiger charge is -2.35. The van der Waals surface area contributed by atoms with Crippen LogP contribution in [0.1, 0.15) is 0 Å². The van der Waals surface area contributed by atoms with Crippen molar-refractivity contribution in [3.05, 3.63) is 52.3 Å². The van der Waals surface area contributed by atoms with Gasteiger partial charge in [0.1, 0.15) is 12.2 Å². The Hall–Kier alpha value is -3.17. The Morgan fingerprint density at radius 1 is 1.21 bits per heavy atom. The number of hydrogen-bond acceptors (Lipinski definition) is 9. The summed E-state index contributed by atoms with van der Waals surface area (Å²) in [5, 5.41) is 21.7. The molecule has 0 saturated carbocycles. The molecule has 1 unspecified atom stereocenters. The van der Waals surface area contributed by atoms with Crippen LogP contribution in [0.25, 0.3) is 0 Å². The summed E-state index contributed by atoms with van der Waals surface area (Å²) in [6, 6.07) is 6.66. The van der Waals surface area contributed by atoms with E-state index in [1.807, 2.05) is 0 Å². The third-order valence-corrected chi connectivity index (χ3v) is 6.68. The molecule has 2 fully saturated rings. The maximum Gasteiger partial charge on any atom is 0.527 e. The summed E-state index contributed by atoms with van der Waals surface area (Å²) in [7, 11) is -5.09. The number of rotatable bonds is 6. The molecular weight excluding hydrogens is 477 g/mol. The largest absolute Gasteiger partial charge is 0.527 e. The van der Waals surface area contributed by atoms with Crippen molar-refractivity contribution in [1.29, 1.82) is 0 Å². The second-order valence-corrected chi connectivity index (χ2v) is 9.13. The number of aliphatic hydroxyl groups is 1. The fourth-order valence-electron chi connectivity index (χ4n) is 4.41. The van der Waals surface area contributed by atoms with Crippen LogP contribution in [-0.2, 0) is 19.6 Å². The predicted molar refractivity (Wildman–Crippen MR) is 116 cm³/mol. The first-order chi connectivity index (χ1) is 16.1. The number of cyclic esters (lactones) is 1. The molecule has 0 spiro atoms. The van der Waals surface area contributed by atoms with Gasteiger partial charge in [-0.1, -0.05) is 12.1 Å². The molecule has 12 nitrogen and oxygen atoms in total. The van der Waals surface area contributed by atoms with Crippen LogP contribution in [0.4, 0.5) is 31.9 Å². The van der Waals surface area contributed by atoms with Gasteiger partial charge in [0.15, 0.2) is 22.5 Å². The van der Waals surface area contributed by atoms with Crippen LogP contribution in [0.5, 0.6) is 0 Å². The molecule has 2 saturated heterocycles. The predicted octanol–water partition coefficient (Wildman–Crippen LogP) is 1.97. The molecular formula is C20H21FN3O9S+. The van der Waals surface area contributed by atoms with Crippen molar-refractivity contribution in [1.82, 2.24) is 4.48 Å². The summed E-state index contributed by atoms with van der Waals surface area (Å²) in [4.78, 5) is 25.2. The van der Waals surface area contributed by atoms with Gasteiger partial charge in [-0.15, -0.1) is 4.48 Å². The average molecular weight is 498 g/mol. The number of morpholine rings is 1. The zero-order valence-corrected chi connectivity index (χ0v) is 18.5. The molecule has 4 rings (SSSR count). The smallest absolute Gasteiger partial charge is 0.408 e. The van der Waals surface area contributed by atoms with Gasteiger partial charge in [0.05, 0.1) is 24.7 Å². The Morgan fingerprint density at radius 3 is 2.47 bits per heavy atom. The Bertz CT molecular complexity index is 1250. The van der Waals surface area contributed by atoms with E-state index in [1.54, 1.807) is 4.90 Å². The summed E-state index contributed by atoms with van der Waals surface area (Å²) in [6.07, 6.45) is -2.35. The minimum atomic E-state index is -5.09. The third-order valence-electron chi connectivity index (χ3n) is 5.80. The van der Waals surface area contributed by atoms with E-state index in [2.05, 4.69) is 0 Å². The van der Waals surface area contributed by atoms with Gasteiger partial charge in [-0.05, 0) is 12.1 Å². The molecule has 0 bridgehead atoms. The minimum Gasteiger partial charge on any atom is -0.408 e. The van der Waals surface area contributed by atoms with E-state index in [0.29, 0.717) is 0 Å². The molecule has 0 aromatic heterocycles. The molecule has 182 valence electrons. The number of hydrogen-bond donors (Lipinski definition) is 2. The van der Waals surface area contributed by atoms with Gasteiger partial charge < -0.3 is 19.5 Å². The fraction of sp³-hybridized carbons (Fsp3) is 0.350. The van der Waals surface area contributed by atoms with Gasteiger partial charge in [0.2, 0.25) is 5.69 Å². The number of quaternary nitrogens is 1. The van der Waals surface area contributed by atoms with Crippen LogP contribution in [0.3, 0.4) is 0 Å². The SMILES string of the molecule is O=C1OC(CO)C[N@@+]1(c1cccc(F)c1N1CCOCC1)c1c([N+](=O)[O-])cccc1S(=O)(=O)O. The van der Waals surface area contributed by atoms with E-state index in [1.165, 1.54) is 12.1 Å². The zero-order chi connectivity index (χ0) is 24.7. The van der Waals surface area contributed by atoms with Crippen molar-refractivity contribution in [2.45, 2.75) is 11.0 Å². The lowest BCUT2D eigenvalue weighted by molar-refractivity contribution is -0.384. The average Bonchev–Trinajstić information content (AvgIpc) is 3.15. The van der Waals surface area contributed by atoms with E-state index in [0.717, 1.165) is 24.3 Å². The standard InChI is InChI=1S/C20H20FN3O9S/c21-14-3-1-5-16(18(14)22-7-9-32-10-8-22)24(11-13(12-25)33-20(24)26)19-15(23(27)28)4-2-6-17(19)34(29,30)31/h1-6,13,25H,7-12H2/p+1/t13?,24-/m1/s1. The number of amides is 1. The zero-order valence-electron chi connectivity index (χ0n) is 17.7.